The molecule has 0 aliphatic carbocycles. The van der Waals surface area contributed by atoms with Crippen LogP contribution in [0, 0.1) is 0 Å². The van der Waals surface area contributed by atoms with Gasteiger partial charge in [-0.2, -0.15) is 0 Å². The van der Waals surface area contributed by atoms with Gasteiger partial charge in [-0.05, 0) is 30.3 Å². The zero-order valence-corrected chi connectivity index (χ0v) is 21.6. The molecule has 5 rings (SSSR count). The van der Waals surface area contributed by atoms with Gasteiger partial charge in [-0.1, -0.05) is 17.8 Å². The molecule has 0 unspecified atom stereocenters. The van der Waals surface area contributed by atoms with Gasteiger partial charge in [-0.3, -0.25) is 4.57 Å². The van der Waals surface area contributed by atoms with E-state index in [0.717, 1.165) is 38.5 Å². The summed E-state index contributed by atoms with van der Waals surface area (Å²) in [5.74, 6) is 4.45. The predicted molar refractivity (Wildman–Crippen MR) is 139 cm³/mol. The smallest absolute Gasteiger partial charge is 0.231 e. The number of hydrogen-bond donors (Lipinski definition) is 0. The number of methoxy groups -OCH3 is 3. The van der Waals surface area contributed by atoms with Crippen LogP contribution in [0.25, 0.3) is 22.0 Å². The quantitative estimate of drug-likeness (QED) is 0.202. The van der Waals surface area contributed by atoms with Crippen LogP contribution >= 0.6 is 23.1 Å². The Morgan fingerprint density at radius 2 is 1.81 bits per heavy atom. The summed E-state index contributed by atoms with van der Waals surface area (Å²) >= 11 is 3.16. The molecule has 0 spiro atoms. The van der Waals surface area contributed by atoms with Crippen molar-refractivity contribution in [2.75, 3.05) is 28.1 Å². The maximum atomic E-state index is 5.51. The molecule has 2 aromatic carbocycles. The largest absolute Gasteiger partial charge is 0.493 e. The van der Waals surface area contributed by atoms with E-state index in [1.165, 1.54) is 0 Å². The Bertz CT molecular complexity index is 1380. The minimum absolute atomic E-state index is 0.252. The van der Waals surface area contributed by atoms with Crippen molar-refractivity contribution in [3.63, 3.8) is 0 Å². The minimum atomic E-state index is 0.252. The highest BCUT2D eigenvalue weighted by atomic mass is 32.2. The molecule has 4 aromatic rings. The average Bonchev–Trinajstić information content (AvgIpc) is 3.66. The molecule has 0 atom stereocenters. The van der Waals surface area contributed by atoms with Gasteiger partial charge in [-0.15, -0.1) is 28.1 Å². The van der Waals surface area contributed by atoms with Crippen molar-refractivity contribution in [3.05, 3.63) is 54.1 Å². The fraction of sp³-hybridized carbons (Fsp3) is 0.240. The van der Waals surface area contributed by atoms with Crippen molar-refractivity contribution >= 4 is 23.1 Å². The molecule has 3 heterocycles. The number of fused-ring (bicyclic) bond motifs is 1. The summed E-state index contributed by atoms with van der Waals surface area (Å²) in [6.07, 6.45) is 1.81. The SMILES string of the molecule is C=CCn1c(SCc2csc(-c3ccc4c(c3)OCO4)n2)nnc1-c1cc(OC)c(OC)c(OC)c1. The molecule has 186 valence electrons. The summed E-state index contributed by atoms with van der Waals surface area (Å²) < 4.78 is 29.4. The lowest BCUT2D eigenvalue weighted by molar-refractivity contribution is 0.174. The van der Waals surface area contributed by atoms with Crippen molar-refractivity contribution in [1.82, 2.24) is 19.7 Å². The fourth-order valence-corrected chi connectivity index (χ4v) is 5.55. The number of nitrogens with zero attached hydrogens (tertiary/aromatic N) is 4. The van der Waals surface area contributed by atoms with E-state index in [4.69, 9.17) is 28.7 Å². The maximum Gasteiger partial charge on any atom is 0.231 e. The lowest BCUT2D eigenvalue weighted by Crippen LogP contribution is -2.02. The molecule has 0 N–H and O–H groups in total. The number of benzene rings is 2. The zero-order chi connectivity index (χ0) is 25.1. The van der Waals surface area contributed by atoms with E-state index in [9.17, 15) is 0 Å². The first-order valence-corrected chi connectivity index (χ1v) is 12.8. The van der Waals surface area contributed by atoms with Crippen molar-refractivity contribution in [2.45, 2.75) is 17.5 Å². The topological polar surface area (TPSA) is 89.8 Å². The normalized spacial score (nSPS) is 12.0. The first-order chi connectivity index (χ1) is 17.6. The second-order valence-electron chi connectivity index (χ2n) is 7.62. The van der Waals surface area contributed by atoms with Crippen LogP contribution in [0.15, 0.2) is 53.5 Å². The molecule has 0 amide bonds. The Morgan fingerprint density at radius 1 is 1.03 bits per heavy atom. The number of rotatable bonds is 10. The number of thiazole rings is 1. The average molecular weight is 525 g/mol. The third-order valence-corrected chi connectivity index (χ3v) is 7.41. The minimum Gasteiger partial charge on any atom is -0.493 e. The number of aromatic nitrogens is 4. The summed E-state index contributed by atoms with van der Waals surface area (Å²) in [5.41, 5.74) is 2.75. The van der Waals surface area contributed by atoms with Crippen LogP contribution in [0.3, 0.4) is 0 Å². The maximum absolute atomic E-state index is 5.51. The van der Waals surface area contributed by atoms with E-state index in [2.05, 4.69) is 22.2 Å². The molecule has 36 heavy (non-hydrogen) atoms. The van der Waals surface area contributed by atoms with Crippen molar-refractivity contribution < 1.29 is 23.7 Å². The molecule has 0 saturated heterocycles. The van der Waals surface area contributed by atoms with Gasteiger partial charge in [-0.25, -0.2) is 4.98 Å². The fourth-order valence-electron chi connectivity index (χ4n) is 3.79. The molecule has 11 heteroatoms. The molecule has 0 fully saturated rings. The Labute approximate surface area is 216 Å². The Balaban J connectivity index is 1.38. The molecule has 0 saturated carbocycles. The van der Waals surface area contributed by atoms with Gasteiger partial charge in [0.05, 0.1) is 27.0 Å². The Hall–Kier alpha value is -3.70. The highest BCUT2D eigenvalue weighted by Gasteiger charge is 2.20. The van der Waals surface area contributed by atoms with Gasteiger partial charge in [0.15, 0.2) is 34.0 Å². The molecule has 1 aliphatic heterocycles. The molecule has 9 nitrogen and oxygen atoms in total. The predicted octanol–water partition coefficient (Wildman–Crippen LogP) is 5.30. The van der Waals surface area contributed by atoms with Gasteiger partial charge in [0, 0.05) is 28.8 Å². The summed E-state index contributed by atoms with van der Waals surface area (Å²) in [7, 11) is 4.75. The highest BCUT2D eigenvalue weighted by molar-refractivity contribution is 7.98. The molecule has 0 radical (unpaired) electrons. The van der Waals surface area contributed by atoms with Crippen molar-refractivity contribution in [3.8, 4) is 50.7 Å². The molecule has 0 bridgehead atoms. The van der Waals surface area contributed by atoms with Crippen LogP contribution in [0.5, 0.6) is 28.7 Å². The number of hydrogen-bond acceptors (Lipinski definition) is 10. The van der Waals surface area contributed by atoms with Gasteiger partial charge >= 0.3 is 0 Å². The van der Waals surface area contributed by atoms with Crippen molar-refractivity contribution in [1.29, 1.82) is 0 Å². The van der Waals surface area contributed by atoms with Crippen LogP contribution in [-0.2, 0) is 12.3 Å². The second-order valence-corrected chi connectivity index (χ2v) is 9.42. The van der Waals surface area contributed by atoms with Gasteiger partial charge in [0.1, 0.15) is 5.01 Å². The van der Waals surface area contributed by atoms with Crippen LogP contribution in [0.1, 0.15) is 5.69 Å². The summed E-state index contributed by atoms with van der Waals surface area (Å²) in [5, 5.41) is 12.6. The van der Waals surface area contributed by atoms with Crippen LogP contribution < -0.4 is 23.7 Å². The van der Waals surface area contributed by atoms with E-state index in [0.29, 0.717) is 35.4 Å². The van der Waals surface area contributed by atoms with Crippen LogP contribution in [-0.4, -0.2) is 47.9 Å². The molecular formula is C25H24N4O5S2. The molecule has 2 aromatic heterocycles. The Kier molecular flexibility index (Phi) is 7.01. The molecular weight excluding hydrogens is 500 g/mol. The van der Waals surface area contributed by atoms with Crippen LogP contribution in [0.4, 0.5) is 0 Å². The van der Waals surface area contributed by atoms with Gasteiger partial charge in [0.2, 0.25) is 12.5 Å². The monoisotopic (exact) mass is 524 g/mol. The third-order valence-electron chi connectivity index (χ3n) is 5.47. The lowest BCUT2D eigenvalue weighted by atomic mass is 10.1. The third kappa shape index (κ3) is 4.59. The Morgan fingerprint density at radius 3 is 2.53 bits per heavy atom. The van der Waals surface area contributed by atoms with E-state index >= 15 is 0 Å². The van der Waals surface area contributed by atoms with Crippen molar-refractivity contribution in [2.24, 2.45) is 0 Å². The number of thioether (sulfide) groups is 1. The standard InChI is InChI=1S/C25H24N4O5S2/c1-5-8-29-23(16-10-20(30-2)22(32-4)21(11-16)31-3)27-28-25(29)36-13-17-12-35-24(26-17)15-6-7-18-19(9-15)34-14-33-18/h5-7,9-12H,1,8,13-14H2,2-4H3. The summed E-state index contributed by atoms with van der Waals surface area (Å²) in [4.78, 5) is 4.80. The molecule has 1 aliphatic rings. The first-order valence-electron chi connectivity index (χ1n) is 11.0. The summed E-state index contributed by atoms with van der Waals surface area (Å²) in [6, 6.07) is 9.58. The highest BCUT2D eigenvalue weighted by Crippen LogP contribution is 2.41. The van der Waals surface area contributed by atoms with E-state index in [-0.39, 0.29) is 6.79 Å². The first kappa shape index (κ1) is 24.0. The van der Waals surface area contributed by atoms with Gasteiger partial charge < -0.3 is 23.7 Å². The van der Waals surface area contributed by atoms with E-state index < -0.39 is 0 Å². The van der Waals surface area contributed by atoms with E-state index in [1.54, 1.807) is 44.4 Å². The lowest BCUT2D eigenvalue weighted by Gasteiger charge is -2.14. The van der Waals surface area contributed by atoms with Crippen LogP contribution in [0.2, 0.25) is 0 Å². The second kappa shape index (κ2) is 10.5. The number of allylic oxidation sites excluding steroid dienone is 1. The summed E-state index contributed by atoms with van der Waals surface area (Å²) in [6.45, 7) is 4.70. The van der Waals surface area contributed by atoms with E-state index in [1.807, 2.05) is 41.0 Å². The van der Waals surface area contributed by atoms with Gasteiger partial charge in [0.25, 0.3) is 0 Å². The number of ether oxygens (including phenoxy) is 5. The zero-order valence-electron chi connectivity index (χ0n) is 20.0.